The van der Waals surface area contributed by atoms with E-state index in [-0.39, 0.29) is 12.2 Å². The number of halogens is 1. The largest absolute Gasteiger partial charge is 0.481 e. The number of carboxylic acids is 1. The minimum atomic E-state index is -0.827. The van der Waals surface area contributed by atoms with Crippen molar-refractivity contribution in [3.8, 4) is 0 Å². The summed E-state index contributed by atoms with van der Waals surface area (Å²) in [5, 5.41) is 8.89. The third kappa shape index (κ3) is 4.60. The molecule has 0 aliphatic carbocycles. The van der Waals surface area contributed by atoms with Crippen molar-refractivity contribution in [2.24, 2.45) is 0 Å². The zero-order valence-corrected chi connectivity index (χ0v) is 11.9. The first-order valence-corrected chi connectivity index (χ1v) is 6.82. The van der Waals surface area contributed by atoms with Crippen LogP contribution in [0.3, 0.4) is 0 Å². The molecule has 0 bridgehead atoms. The first-order valence-electron chi connectivity index (χ1n) is 6.82. The van der Waals surface area contributed by atoms with Crippen LogP contribution < -0.4 is 4.90 Å². The summed E-state index contributed by atoms with van der Waals surface area (Å²) >= 11 is 0. The molecule has 0 saturated carbocycles. The molecular weight excluding hydrogens is 269 g/mol. The van der Waals surface area contributed by atoms with Crippen LogP contribution in [0.25, 0.3) is 0 Å². The van der Waals surface area contributed by atoms with E-state index in [9.17, 15) is 9.18 Å². The Bertz CT molecular complexity index is 610. The van der Waals surface area contributed by atoms with Crippen LogP contribution in [0.1, 0.15) is 17.5 Å². The molecule has 0 radical (unpaired) electrons. The molecule has 0 aliphatic rings. The second kappa shape index (κ2) is 6.88. The molecule has 0 aromatic heterocycles. The van der Waals surface area contributed by atoms with Gasteiger partial charge in [0.25, 0.3) is 0 Å². The van der Waals surface area contributed by atoms with Gasteiger partial charge in [-0.25, -0.2) is 4.39 Å². The zero-order valence-electron chi connectivity index (χ0n) is 11.9. The van der Waals surface area contributed by atoms with E-state index in [1.807, 2.05) is 36.1 Å². The van der Waals surface area contributed by atoms with Crippen LogP contribution in [0.15, 0.2) is 48.5 Å². The van der Waals surface area contributed by atoms with E-state index >= 15 is 0 Å². The number of anilines is 1. The average molecular weight is 287 g/mol. The Kier molecular flexibility index (Phi) is 4.93. The van der Waals surface area contributed by atoms with Gasteiger partial charge in [0.2, 0.25) is 0 Å². The van der Waals surface area contributed by atoms with Crippen molar-refractivity contribution in [2.45, 2.75) is 19.9 Å². The molecule has 2 rings (SSSR count). The normalized spacial score (nSPS) is 10.4. The molecule has 1 N–H and O–H groups in total. The number of hydrogen-bond acceptors (Lipinski definition) is 2. The minimum Gasteiger partial charge on any atom is -0.481 e. The summed E-state index contributed by atoms with van der Waals surface area (Å²) in [5.41, 5.74) is 3.04. The van der Waals surface area contributed by atoms with Gasteiger partial charge in [0.05, 0.1) is 6.42 Å². The van der Waals surface area contributed by atoms with Crippen LogP contribution in [0.4, 0.5) is 10.1 Å². The maximum absolute atomic E-state index is 13.0. The number of rotatable bonds is 6. The van der Waals surface area contributed by atoms with Crippen LogP contribution in [-0.4, -0.2) is 17.6 Å². The fourth-order valence-corrected chi connectivity index (χ4v) is 2.16. The third-order valence-electron chi connectivity index (χ3n) is 3.25. The Morgan fingerprint density at radius 2 is 1.90 bits per heavy atom. The SMILES string of the molecule is Cc1cccc(N(CCC(=O)O)Cc2ccc(F)cc2)c1. The molecule has 0 fully saturated rings. The van der Waals surface area contributed by atoms with E-state index in [4.69, 9.17) is 5.11 Å². The lowest BCUT2D eigenvalue weighted by atomic mass is 10.1. The van der Waals surface area contributed by atoms with Crippen LogP contribution in [0.2, 0.25) is 0 Å². The van der Waals surface area contributed by atoms with Crippen molar-refractivity contribution in [3.63, 3.8) is 0 Å². The first kappa shape index (κ1) is 15.0. The highest BCUT2D eigenvalue weighted by Crippen LogP contribution is 2.19. The fourth-order valence-electron chi connectivity index (χ4n) is 2.16. The summed E-state index contributed by atoms with van der Waals surface area (Å²) in [6.07, 6.45) is 0.0646. The molecule has 0 unspecified atom stereocenters. The smallest absolute Gasteiger partial charge is 0.305 e. The van der Waals surface area contributed by atoms with Crippen LogP contribution in [0.5, 0.6) is 0 Å². The Morgan fingerprint density at radius 3 is 2.52 bits per heavy atom. The van der Waals surface area contributed by atoms with E-state index in [1.54, 1.807) is 12.1 Å². The van der Waals surface area contributed by atoms with Crippen LogP contribution in [0, 0.1) is 12.7 Å². The highest BCUT2D eigenvalue weighted by Gasteiger charge is 2.10. The molecule has 21 heavy (non-hydrogen) atoms. The molecule has 2 aromatic rings. The van der Waals surface area contributed by atoms with E-state index in [0.717, 1.165) is 16.8 Å². The summed E-state index contributed by atoms with van der Waals surface area (Å²) in [4.78, 5) is 12.8. The fraction of sp³-hybridized carbons (Fsp3) is 0.235. The minimum absolute atomic E-state index is 0.0646. The molecule has 0 aliphatic heterocycles. The van der Waals surface area contributed by atoms with Gasteiger partial charge < -0.3 is 10.0 Å². The van der Waals surface area contributed by atoms with Crippen LogP contribution >= 0.6 is 0 Å². The number of benzene rings is 2. The topological polar surface area (TPSA) is 40.5 Å². The monoisotopic (exact) mass is 287 g/mol. The molecule has 110 valence electrons. The number of carboxylic acid groups (broad SMARTS) is 1. The number of aliphatic carboxylic acids is 1. The number of hydrogen-bond donors (Lipinski definition) is 1. The van der Waals surface area contributed by atoms with Gasteiger partial charge in [-0.2, -0.15) is 0 Å². The van der Waals surface area contributed by atoms with Gasteiger partial charge in [0.15, 0.2) is 0 Å². The Morgan fingerprint density at radius 1 is 1.19 bits per heavy atom. The molecule has 4 heteroatoms. The summed E-state index contributed by atoms with van der Waals surface area (Å²) in [6.45, 7) is 2.96. The summed E-state index contributed by atoms with van der Waals surface area (Å²) in [5.74, 6) is -1.10. The summed E-state index contributed by atoms with van der Waals surface area (Å²) in [7, 11) is 0. The number of carbonyl (C=O) groups is 1. The highest BCUT2D eigenvalue weighted by atomic mass is 19.1. The Balaban J connectivity index is 2.19. The average Bonchev–Trinajstić information content (AvgIpc) is 2.45. The standard InChI is InChI=1S/C17H18FNO2/c1-13-3-2-4-16(11-13)19(10-9-17(20)21)12-14-5-7-15(18)8-6-14/h2-8,11H,9-10,12H2,1H3,(H,20,21). The van der Waals surface area contributed by atoms with Gasteiger partial charge in [-0.15, -0.1) is 0 Å². The predicted molar refractivity (Wildman–Crippen MR) is 80.9 cm³/mol. The van der Waals surface area contributed by atoms with Gasteiger partial charge in [0.1, 0.15) is 5.82 Å². The van der Waals surface area contributed by atoms with E-state index in [1.165, 1.54) is 12.1 Å². The molecule has 0 spiro atoms. The molecule has 2 aromatic carbocycles. The number of nitrogens with zero attached hydrogens (tertiary/aromatic N) is 1. The highest BCUT2D eigenvalue weighted by molar-refractivity contribution is 5.67. The summed E-state index contributed by atoms with van der Waals surface area (Å²) in [6, 6.07) is 14.2. The molecule has 0 atom stereocenters. The molecule has 3 nitrogen and oxygen atoms in total. The lowest BCUT2D eigenvalue weighted by Gasteiger charge is -2.24. The zero-order chi connectivity index (χ0) is 15.2. The van der Waals surface area contributed by atoms with Crippen molar-refractivity contribution in [1.82, 2.24) is 0 Å². The van der Waals surface area contributed by atoms with E-state index < -0.39 is 5.97 Å². The van der Waals surface area contributed by atoms with Crippen molar-refractivity contribution in [3.05, 3.63) is 65.5 Å². The van der Waals surface area contributed by atoms with Crippen molar-refractivity contribution < 1.29 is 14.3 Å². The Hall–Kier alpha value is -2.36. The Labute approximate surface area is 123 Å². The lowest BCUT2D eigenvalue weighted by Crippen LogP contribution is -2.25. The van der Waals surface area contributed by atoms with Crippen molar-refractivity contribution in [2.75, 3.05) is 11.4 Å². The van der Waals surface area contributed by atoms with E-state index in [2.05, 4.69) is 0 Å². The van der Waals surface area contributed by atoms with Gasteiger partial charge in [-0.3, -0.25) is 4.79 Å². The maximum Gasteiger partial charge on any atom is 0.305 e. The second-order valence-electron chi connectivity index (χ2n) is 5.03. The lowest BCUT2D eigenvalue weighted by molar-refractivity contribution is -0.136. The van der Waals surface area contributed by atoms with Gasteiger partial charge >= 0.3 is 5.97 Å². The van der Waals surface area contributed by atoms with Crippen LogP contribution in [-0.2, 0) is 11.3 Å². The van der Waals surface area contributed by atoms with Crippen molar-refractivity contribution >= 4 is 11.7 Å². The molecule has 0 saturated heterocycles. The van der Waals surface area contributed by atoms with Gasteiger partial charge in [-0.1, -0.05) is 24.3 Å². The molecule has 0 heterocycles. The quantitative estimate of drug-likeness (QED) is 0.882. The molecule has 0 amide bonds. The maximum atomic E-state index is 13.0. The van der Waals surface area contributed by atoms with Gasteiger partial charge in [-0.05, 0) is 42.3 Å². The van der Waals surface area contributed by atoms with Gasteiger partial charge in [0, 0.05) is 18.8 Å². The summed E-state index contributed by atoms with van der Waals surface area (Å²) < 4.78 is 13.0. The second-order valence-corrected chi connectivity index (χ2v) is 5.03. The van der Waals surface area contributed by atoms with E-state index in [0.29, 0.717) is 13.1 Å². The molecular formula is C17H18FNO2. The number of aryl methyl sites for hydroxylation is 1. The predicted octanol–water partition coefficient (Wildman–Crippen LogP) is 3.62. The van der Waals surface area contributed by atoms with Crippen molar-refractivity contribution in [1.29, 1.82) is 0 Å². The third-order valence-corrected chi connectivity index (χ3v) is 3.25. The first-order chi connectivity index (χ1) is 10.0.